The summed E-state index contributed by atoms with van der Waals surface area (Å²) in [7, 11) is 1.58. The van der Waals surface area contributed by atoms with Crippen LogP contribution < -0.4 is 24.8 Å². The van der Waals surface area contributed by atoms with E-state index in [9.17, 15) is 9.59 Å². The molecule has 0 unspecified atom stereocenters. The first-order chi connectivity index (χ1) is 14.9. The van der Waals surface area contributed by atoms with Gasteiger partial charge in [-0.05, 0) is 56.3 Å². The third kappa shape index (κ3) is 4.16. The van der Waals surface area contributed by atoms with Crippen molar-refractivity contribution < 1.29 is 23.8 Å². The molecule has 0 spiro atoms. The summed E-state index contributed by atoms with van der Waals surface area (Å²) in [6.07, 6.45) is 3.10. The number of rotatable bonds is 6. The molecule has 2 N–H and O–H groups in total. The minimum atomic E-state index is -0.998. The van der Waals surface area contributed by atoms with Gasteiger partial charge >= 0.3 is 0 Å². The van der Waals surface area contributed by atoms with Crippen molar-refractivity contribution in [1.29, 1.82) is 0 Å². The molecule has 0 atom stereocenters. The Morgan fingerprint density at radius 1 is 1.03 bits per heavy atom. The standard InChI is InChI=1S/C22H22N4O5/c1-22(2,21(28)25-15-5-7-17(29-3)8-6-15)26-12-16(11-23-26)24-20(27)14-4-9-18-19(10-14)31-13-30-18/h4-12H,13H2,1-3H3,(H,24,27)(H,25,28). The van der Waals surface area contributed by atoms with Crippen LogP contribution in [0.2, 0.25) is 0 Å². The molecule has 0 bridgehead atoms. The van der Waals surface area contributed by atoms with Gasteiger partial charge < -0.3 is 24.8 Å². The zero-order valence-electron chi connectivity index (χ0n) is 17.3. The second-order valence-corrected chi connectivity index (χ2v) is 7.44. The van der Waals surface area contributed by atoms with Gasteiger partial charge in [-0.25, -0.2) is 0 Å². The molecular formula is C22H22N4O5. The summed E-state index contributed by atoms with van der Waals surface area (Å²) in [5.41, 5.74) is 0.533. The maximum atomic E-state index is 12.8. The van der Waals surface area contributed by atoms with Crippen LogP contribution in [-0.4, -0.2) is 35.5 Å². The summed E-state index contributed by atoms with van der Waals surface area (Å²) < 4.78 is 17.2. The summed E-state index contributed by atoms with van der Waals surface area (Å²) in [5, 5.41) is 9.90. The monoisotopic (exact) mass is 422 g/mol. The Labute approximate surface area is 178 Å². The predicted octanol–water partition coefficient (Wildman–Crippen LogP) is 3.25. The topological polar surface area (TPSA) is 104 Å². The van der Waals surface area contributed by atoms with Crippen LogP contribution in [0.25, 0.3) is 0 Å². The Morgan fingerprint density at radius 3 is 2.52 bits per heavy atom. The van der Waals surface area contributed by atoms with Gasteiger partial charge in [-0.15, -0.1) is 0 Å². The van der Waals surface area contributed by atoms with Gasteiger partial charge in [-0.2, -0.15) is 5.10 Å². The second-order valence-electron chi connectivity index (χ2n) is 7.44. The SMILES string of the molecule is COc1ccc(NC(=O)C(C)(C)n2cc(NC(=O)c3ccc4c(c3)OCO4)cn2)cc1. The summed E-state index contributed by atoms with van der Waals surface area (Å²) >= 11 is 0. The van der Waals surface area contributed by atoms with Gasteiger partial charge in [0.15, 0.2) is 11.5 Å². The van der Waals surface area contributed by atoms with E-state index >= 15 is 0 Å². The highest BCUT2D eigenvalue weighted by atomic mass is 16.7. The average molecular weight is 422 g/mol. The molecule has 1 aromatic heterocycles. The molecule has 9 nitrogen and oxygen atoms in total. The van der Waals surface area contributed by atoms with Crippen LogP contribution in [0.4, 0.5) is 11.4 Å². The molecular weight excluding hydrogens is 400 g/mol. The summed E-state index contributed by atoms with van der Waals surface area (Å²) in [4.78, 5) is 25.4. The van der Waals surface area contributed by atoms with Gasteiger partial charge in [0.1, 0.15) is 11.3 Å². The quantitative estimate of drug-likeness (QED) is 0.632. The van der Waals surface area contributed by atoms with Crippen molar-refractivity contribution in [2.45, 2.75) is 19.4 Å². The number of anilines is 2. The van der Waals surface area contributed by atoms with Crippen molar-refractivity contribution in [3.05, 3.63) is 60.4 Å². The van der Waals surface area contributed by atoms with Gasteiger partial charge in [-0.3, -0.25) is 14.3 Å². The number of methoxy groups -OCH3 is 1. The zero-order valence-corrected chi connectivity index (χ0v) is 17.3. The molecule has 2 amide bonds. The van der Waals surface area contributed by atoms with Gasteiger partial charge in [0.2, 0.25) is 6.79 Å². The number of hydrogen-bond acceptors (Lipinski definition) is 6. The smallest absolute Gasteiger partial charge is 0.255 e. The van der Waals surface area contributed by atoms with Crippen LogP contribution in [0.15, 0.2) is 54.9 Å². The lowest BCUT2D eigenvalue weighted by Crippen LogP contribution is -2.40. The van der Waals surface area contributed by atoms with E-state index in [1.807, 2.05) is 0 Å². The lowest BCUT2D eigenvalue weighted by atomic mass is 10.0. The first-order valence-electron chi connectivity index (χ1n) is 9.58. The van der Waals surface area contributed by atoms with E-state index in [1.54, 1.807) is 69.6 Å². The largest absolute Gasteiger partial charge is 0.497 e. The van der Waals surface area contributed by atoms with Crippen molar-refractivity contribution in [2.24, 2.45) is 0 Å². The van der Waals surface area contributed by atoms with Crippen molar-refractivity contribution >= 4 is 23.2 Å². The number of carbonyl (C=O) groups is 2. The average Bonchev–Trinajstić information content (AvgIpc) is 3.43. The molecule has 160 valence electrons. The van der Waals surface area contributed by atoms with Crippen LogP contribution >= 0.6 is 0 Å². The predicted molar refractivity (Wildman–Crippen MR) is 114 cm³/mol. The fourth-order valence-corrected chi connectivity index (χ4v) is 3.00. The van der Waals surface area contributed by atoms with Crippen molar-refractivity contribution in [1.82, 2.24) is 9.78 Å². The molecule has 1 aliphatic heterocycles. The first kappa shape index (κ1) is 20.3. The maximum absolute atomic E-state index is 12.8. The van der Waals surface area contributed by atoms with E-state index in [0.717, 1.165) is 0 Å². The third-order valence-electron chi connectivity index (χ3n) is 4.95. The van der Waals surface area contributed by atoms with Crippen molar-refractivity contribution in [3.63, 3.8) is 0 Å². The molecule has 4 rings (SSSR count). The lowest BCUT2D eigenvalue weighted by molar-refractivity contribution is -0.123. The number of nitrogens with zero attached hydrogens (tertiary/aromatic N) is 2. The molecule has 0 saturated carbocycles. The Hall–Kier alpha value is -4.01. The number of fused-ring (bicyclic) bond motifs is 1. The van der Waals surface area contributed by atoms with Crippen LogP contribution in [0.3, 0.4) is 0 Å². The van der Waals surface area contributed by atoms with Crippen LogP contribution in [0.1, 0.15) is 24.2 Å². The molecule has 2 heterocycles. The lowest BCUT2D eigenvalue weighted by Gasteiger charge is -2.24. The molecule has 0 aliphatic carbocycles. The van der Waals surface area contributed by atoms with E-state index in [0.29, 0.717) is 34.2 Å². The highest BCUT2D eigenvalue weighted by Crippen LogP contribution is 2.32. The Kier molecular flexibility index (Phi) is 5.24. The van der Waals surface area contributed by atoms with Crippen LogP contribution in [-0.2, 0) is 10.3 Å². The molecule has 9 heteroatoms. The Balaban J connectivity index is 1.43. The van der Waals surface area contributed by atoms with Crippen molar-refractivity contribution in [2.75, 3.05) is 24.5 Å². The number of carbonyl (C=O) groups excluding carboxylic acids is 2. The maximum Gasteiger partial charge on any atom is 0.255 e. The molecule has 31 heavy (non-hydrogen) atoms. The van der Waals surface area contributed by atoms with E-state index in [1.165, 1.54) is 10.9 Å². The highest BCUT2D eigenvalue weighted by molar-refractivity contribution is 6.04. The first-order valence-corrected chi connectivity index (χ1v) is 9.58. The second kappa shape index (κ2) is 8.02. The van der Waals surface area contributed by atoms with E-state index < -0.39 is 5.54 Å². The fraction of sp³-hybridized carbons (Fsp3) is 0.227. The van der Waals surface area contributed by atoms with Crippen LogP contribution in [0, 0.1) is 0 Å². The number of amides is 2. The molecule has 2 aromatic carbocycles. The van der Waals surface area contributed by atoms with Crippen LogP contribution in [0.5, 0.6) is 17.2 Å². The van der Waals surface area contributed by atoms with Gasteiger partial charge in [-0.1, -0.05) is 0 Å². The van der Waals surface area contributed by atoms with Gasteiger partial charge in [0.05, 0.1) is 19.0 Å². The molecule has 3 aromatic rings. The molecule has 0 saturated heterocycles. The number of nitrogens with one attached hydrogen (secondary N) is 2. The van der Waals surface area contributed by atoms with Gasteiger partial charge in [0.25, 0.3) is 11.8 Å². The highest BCUT2D eigenvalue weighted by Gasteiger charge is 2.31. The molecule has 1 aliphatic rings. The normalized spacial score (nSPS) is 12.4. The Bertz CT molecular complexity index is 1120. The number of hydrogen-bond donors (Lipinski definition) is 2. The third-order valence-corrected chi connectivity index (χ3v) is 4.95. The fourth-order valence-electron chi connectivity index (χ4n) is 3.00. The summed E-state index contributed by atoms with van der Waals surface area (Å²) in [6.45, 7) is 3.62. The minimum absolute atomic E-state index is 0.140. The van der Waals surface area contributed by atoms with Gasteiger partial charge in [0, 0.05) is 17.4 Å². The minimum Gasteiger partial charge on any atom is -0.497 e. The summed E-state index contributed by atoms with van der Waals surface area (Å²) in [6, 6.07) is 12.0. The number of ether oxygens (including phenoxy) is 3. The Morgan fingerprint density at radius 2 is 1.77 bits per heavy atom. The number of benzene rings is 2. The van der Waals surface area contributed by atoms with E-state index in [2.05, 4.69) is 15.7 Å². The number of aromatic nitrogens is 2. The van der Waals surface area contributed by atoms with Crippen molar-refractivity contribution in [3.8, 4) is 17.2 Å². The van der Waals surface area contributed by atoms with E-state index in [4.69, 9.17) is 14.2 Å². The molecule has 0 fully saturated rings. The van der Waals surface area contributed by atoms with E-state index in [-0.39, 0.29) is 18.6 Å². The summed E-state index contributed by atoms with van der Waals surface area (Å²) in [5.74, 6) is 1.26. The molecule has 0 radical (unpaired) electrons. The zero-order chi connectivity index (χ0) is 22.0.